The van der Waals surface area contributed by atoms with E-state index in [1.807, 2.05) is 42.5 Å². The van der Waals surface area contributed by atoms with Gasteiger partial charge in [0.1, 0.15) is 0 Å². The zero-order chi connectivity index (χ0) is 46.9. The first kappa shape index (κ1) is 16.5. The van der Waals surface area contributed by atoms with Crippen LogP contribution in [0.2, 0.25) is 0 Å². The lowest BCUT2D eigenvalue weighted by Gasteiger charge is -2.15. The molecule has 3 heterocycles. The van der Waals surface area contributed by atoms with Gasteiger partial charge in [-0.3, -0.25) is 4.57 Å². The summed E-state index contributed by atoms with van der Waals surface area (Å²) in [6.45, 7) is 0. The van der Waals surface area contributed by atoms with Crippen molar-refractivity contribution in [2.45, 2.75) is 0 Å². The highest BCUT2D eigenvalue weighted by molar-refractivity contribution is 6.10. The minimum atomic E-state index is -0.650. The number of benzene rings is 7. The Balaban J connectivity index is 1.38. The highest BCUT2D eigenvalue weighted by Gasteiger charge is 2.21. The standard InChI is InChI=1S/C45H29N5/c1-2-15-30(16-3-1)31-17-14-18-32(29-31)43-46-44(48-45(47-43)50-40-26-11-6-21-35(40)36-22-7-12-27-41(36)50)37-23-8-13-28-42(37)49-38-24-9-4-19-33(38)34-20-5-10-25-39(34)49/h1-29H/i4D,5D,6D,7D,9D,10D,11D,12D,19D,20D,21D,22D,24D,25D,26D,27D. The normalized spacial score (nSPS) is 16.1. The first-order valence-electron chi connectivity index (χ1n) is 23.5. The van der Waals surface area contributed by atoms with Gasteiger partial charge in [0.05, 0.1) is 49.7 Å². The summed E-state index contributed by atoms with van der Waals surface area (Å²) in [5, 5.41) is -0.708. The zero-order valence-corrected chi connectivity index (χ0v) is 25.7. The van der Waals surface area contributed by atoms with Gasteiger partial charge in [0, 0.05) is 32.7 Å². The highest BCUT2D eigenvalue weighted by Crippen LogP contribution is 2.37. The zero-order valence-electron chi connectivity index (χ0n) is 41.7. The SMILES string of the molecule is [2H]c1c([2H])c([2H])c2c(c1[2H])c1c([2H])c([2H])c([2H])c([2H])c1n2-c1nc(-c2cccc(-c3ccccc3)c2)nc(-c2ccccc2-n2c3c([2H])c([2H])c([2H])c([2H])c3c3c([2H])c([2H])c([2H])c([2H])c32)n1. The van der Waals surface area contributed by atoms with Crippen molar-refractivity contribution in [3.8, 4) is 45.5 Å². The van der Waals surface area contributed by atoms with Crippen LogP contribution in [0.1, 0.15) is 21.9 Å². The second kappa shape index (κ2) is 11.4. The number of hydrogen-bond donors (Lipinski definition) is 0. The molecule has 0 aliphatic heterocycles. The molecule has 0 atom stereocenters. The van der Waals surface area contributed by atoms with Gasteiger partial charge >= 0.3 is 0 Å². The van der Waals surface area contributed by atoms with Crippen molar-refractivity contribution in [2.24, 2.45) is 0 Å². The molecule has 5 nitrogen and oxygen atoms in total. The Kier molecular flexibility index (Phi) is 3.76. The van der Waals surface area contributed by atoms with Crippen LogP contribution in [0.3, 0.4) is 0 Å². The molecule has 0 unspecified atom stereocenters. The van der Waals surface area contributed by atoms with Gasteiger partial charge in [-0.05, 0) is 53.5 Å². The summed E-state index contributed by atoms with van der Waals surface area (Å²) in [5.41, 5.74) is 1.51. The number of hydrogen-bond acceptors (Lipinski definition) is 3. The van der Waals surface area contributed by atoms with Crippen LogP contribution in [-0.2, 0) is 0 Å². The number of para-hydroxylation sites is 5. The predicted molar refractivity (Wildman–Crippen MR) is 205 cm³/mol. The number of rotatable bonds is 5. The molecule has 3 aromatic heterocycles. The fraction of sp³-hybridized carbons (Fsp3) is 0. The number of aromatic nitrogens is 5. The molecule has 5 heteroatoms. The summed E-state index contributed by atoms with van der Waals surface area (Å²) in [6, 6.07) is 13.6. The van der Waals surface area contributed by atoms with Gasteiger partial charge in [0.2, 0.25) is 5.95 Å². The van der Waals surface area contributed by atoms with Crippen molar-refractivity contribution < 1.29 is 21.9 Å². The van der Waals surface area contributed by atoms with Crippen molar-refractivity contribution >= 4 is 43.6 Å². The summed E-state index contributed by atoms with van der Waals surface area (Å²) in [4.78, 5) is 14.7. The highest BCUT2D eigenvalue weighted by atomic mass is 15.2. The van der Waals surface area contributed by atoms with E-state index in [4.69, 9.17) is 36.9 Å². The van der Waals surface area contributed by atoms with Crippen molar-refractivity contribution in [1.29, 1.82) is 0 Å². The Bertz CT molecular complexity index is 3640. The average molecular weight is 656 g/mol. The minimum Gasteiger partial charge on any atom is -0.309 e. The molecule has 50 heavy (non-hydrogen) atoms. The van der Waals surface area contributed by atoms with Crippen molar-refractivity contribution in [2.75, 3.05) is 0 Å². The van der Waals surface area contributed by atoms with Gasteiger partial charge in [0.25, 0.3) is 0 Å². The summed E-state index contributed by atoms with van der Waals surface area (Å²) >= 11 is 0. The molecule has 0 amide bonds. The van der Waals surface area contributed by atoms with Crippen molar-refractivity contribution in [3.63, 3.8) is 0 Å². The van der Waals surface area contributed by atoms with Gasteiger partial charge < -0.3 is 4.57 Å². The minimum absolute atomic E-state index is 0.00492. The lowest BCUT2D eigenvalue weighted by molar-refractivity contribution is 0.952. The average Bonchev–Trinajstić information content (AvgIpc) is 3.89. The summed E-state index contributed by atoms with van der Waals surface area (Å²) < 4.78 is 144. The Morgan fingerprint density at radius 3 is 1.50 bits per heavy atom. The quantitative estimate of drug-likeness (QED) is 0.185. The van der Waals surface area contributed by atoms with Crippen LogP contribution in [0, 0.1) is 0 Å². The Labute approximate surface area is 310 Å². The van der Waals surface area contributed by atoms with E-state index in [1.54, 1.807) is 36.4 Å². The third-order valence-corrected chi connectivity index (χ3v) is 8.50. The fourth-order valence-electron chi connectivity index (χ4n) is 6.32. The summed E-state index contributed by atoms with van der Waals surface area (Å²) in [5.74, 6) is -0.453. The van der Waals surface area contributed by atoms with Crippen LogP contribution in [-0.4, -0.2) is 24.1 Å². The molecule has 0 aliphatic carbocycles. The third-order valence-electron chi connectivity index (χ3n) is 8.50. The van der Waals surface area contributed by atoms with E-state index < -0.39 is 96.7 Å². The maximum atomic E-state index is 9.15. The molecule has 7 aromatic carbocycles. The second-order valence-corrected chi connectivity index (χ2v) is 11.3. The Morgan fingerprint density at radius 2 is 0.880 bits per heavy atom. The topological polar surface area (TPSA) is 48.5 Å². The lowest BCUT2D eigenvalue weighted by atomic mass is 10.0. The molecule has 0 bridgehead atoms. The van der Waals surface area contributed by atoms with Gasteiger partial charge in [0.15, 0.2) is 11.6 Å². The number of fused-ring (bicyclic) bond motifs is 6. The molecule has 10 rings (SSSR count). The predicted octanol–water partition coefficient (Wildman–Crippen LogP) is 11.1. The molecule has 0 saturated carbocycles. The van der Waals surface area contributed by atoms with E-state index >= 15 is 0 Å². The van der Waals surface area contributed by atoms with Crippen LogP contribution < -0.4 is 0 Å². The molecule has 0 radical (unpaired) electrons. The molecule has 0 spiro atoms. The molecule has 10 aromatic rings. The van der Waals surface area contributed by atoms with Crippen LogP contribution in [0.5, 0.6) is 0 Å². The smallest absolute Gasteiger partial charge is 0.238 e. The maximum Gasteiger partial charge on any atom is 0.238 e. The van der Waals surface area contributed by atoms with E-state index in [0.29, 0.717) is 5.56 Å². The molecular weight excluding hydrogens is 611 g/mol. The van der Waals surface area contributed by atoms with Gasteiger partial charge in [-0.2, -0.15) is 9.97 Å². The van der Waals surface area contributed by atoms with Gasteiger partial charge in [-0.1, -0.05) is 133 Å². The maximum absolute atomic E-state index is 9.15. The van der Waals surface area contributed by atoms with Crippen LogP contribution in [0.15, 0.2) is 176 Å². The molecule has 0 saturated heterocycles. The second-order valence-electron chi connectivity index (χ2n) is 11.3. The molecule has 0 fully saturated rings. The molecular formula is C45H29N5. The number of nitrogens with zero attached hydrogens (tertiary/aromatic N) is 5. The monoisotopic (exact) mass is 655 g/mol. The first-order chi connectivity index (χ1) is 31.5. The summed E-state index contributed by atoms with van der Waals surface area (Å²) in [6.07, 6.45) is 0. The van der Waals surface area contributed by atoms with Crippen LogP contribution >= 0.6 is 0 Å². The summed E-state index contributed by atoms with van der Waals surface area (Å²) in [7, 11) is 0. The first-order valence-corrected chi connectivity index (χ1v) is 15.5. The van der Waals surface area contributed by atoms with E-state index in [1.165, 1.54) is 4.57 Å². The molecule has 0 N–H and O–H groups in total. The van der Waals surface area contributed by atoms with Crippen LogP contribution in [0.25, 0.3) is 89.2 Å². The van der Waals surface area contributed by atoms with E-state index in [9.17, 15) is 0 Å². The van der Waals surface area contributed by atoms with Crippen LogP contribution in [0.4, 0.5) is 0 Å². The van der Waals surface area contributed by atoms with Gasteiger partial charge in [-0.25, -0.2) is 4.98 Å². The largest absolute Gasteiger partial charge is 0.309 e. The Morgan fingerprint density at radius 1 is 0.400 bits per heavy atom. The fourth-order valence-corrected chi connectivity index (χ4v) is 6.32. The molecule has 234 valence electrons. The van der Waals surface area contributed by atoms with Gasteiger partial charge in [-0.15, -0.1) is 0 Å². The lowest BCUT2D eigenvalue weighted by Crippen LogP contribution is -2.07. The molecule has 0 aliphatic rings. The van der Waals surface area contributed by atoms with E-state index in [2.05, 4.69) is 0 Å². The van der Waals surface area contributed by atoms with Crippen molar-refractivity contribution in [3.05, 3.63) is 176 Å². The van der Waals surface area contributed by atoms with Crippen molar-refractivity contribution in [1.82, 2.24) is 24.1 Å². The van der Waals surface area contributed by atoms with E-state index in [-0.39, 0.29) is 72.5 Å². The third kappa shape index (κ3) is 4.45. The Hall–Kier alpha value is -6.85. The van der Waals surface area contributed by atoms with E-state index in [0.717, 1.165) is 15.7 Å².